The first-order chi connectivity index (χ1) is 15.6. The molecule has 2 N–H and O–H groups in total. The lowest BCUT2D eigenvalue weighted by molar-refractivity contribution is -0.139. The van der Waals surface area contributed by atoms with E-state index in [0.29, 0.717) is 19.0 Å². The maximum absolute atomic E-state index is 12.0. The molecule has 7 nitrogen and oxygen atoms in total. The molecule has 3 aromatic rings. The molecule has 32 heavy (non-hydrogen) atoms. The number of benzene rings is 3. The molecule has 0 heterocycles. The van der Waals surface area contributed by atoms with Crippen molar-refractivity contribution in [3.05, 3.63) is 96.1 Å². The van der Waals surface area contributed by atoms with Gasteiger partial charge in [-0.15, -0.1) is 0 Å². The summed E-state index contributed by atoms with van der Waals surface area (Å²) in [6.07, 6.45) is -0.614. The van der Waals surface area contributed by atoms with E-state index in [1.807, 2.05) is 48.5 Å². The van der Waals surface area contributed by atoms with Gasteiger partial charge in [-0.3, -0.25) is 0 Å². The predicted octanol–water partition coefficient (Wildman–Crippen LogP) is 4.07. The molecule has 0 aliphatic carbocycles. The average molecular weight is 435 g/mol. The van der Waals surface area contributed by atoms with Crippen LogP contribution in [0, 0.1) is 0 Å². The predicted molar refractivity (Wildman–Crippen MR) is 119 cm³/mol. The van der Waals surface area contributed by atoms with Crippen molar-refractivity contribution >= 4 is 12.1 Å². The number of carbonyl (C=O) groups excluding carboxylic acids is 1. The Balaban J connectivity index is 1.39. The number of hydrogen-bond donors (Lipinski definition) is 2. The molecule has 1 atom stereocenters. The first kappa shape index (κ1) is 22.7. The number of hydrogen-bond acceptors (Lipinski definition) is 5. The number of carboxylic acid groups (broad SMARTS) is 1. The van der Waals surface area contributed by atoms with Gasteiger partial charge in [-0.25, -0.2) is 9.59 Å². The number of carbonyl (C=O) groups is 2. The van der Waals surface area contributed by atoms with E-state index in [2.05, 4.69) is 5.32 Å². The first-order valence-corrected chi connectivity index (χ1v) is 10.2. The zero-order chi connectivity index (χ0) is 22.6. The molecular formula is C25H25NO6. The van der Waals surface area contributed by atoms with Crippen molar-refractivity contribution in [1.29, 1.82) is 0 Å². The Hall–Kier alpha value is -4.00. The van der Waals surface area contributed by atoms with E-state index in [0.717, 1.165) is 16.9 Å². The minimum Gasteiger partial charge on any atom is -0.490 e. The zero-order valence-corrected chi connectivity index (χ0v) is 17.5. The van der Waals surface area contributed by atoms with Gasteiger partial charge in [0, 0.05) is 6.42 Å². The molecule has 1 unspecified atom stereocenters. The Kier molecular flexibility index (Phi) is 8.50. The lowest BCUT2D eigenvalue weighted by Crippen LogP contribution is -2.42. The Morgan fingerprint density at radius 1 is 0.750 bits per heavy atom. The first-order valence-electron chi connectivity index (χ1n) is 10.2. The standard InChI is InChI=1S/C25H25NO6/c27-24(28)23(17-19-7-3-1-4-8-19)26-25(29)32-18-20-11-13-22(14-12-20)31-16-15-30-21-9-5-2-6-10-21/h1-14,23H,15-18H2,(H,26,29)(H,27,28). The summed E-state index contributed by atoms with van der Waals surface area (Å²) in [5.41, 5.74) is 1.56. The van der Waals surface area contributed by atoms with Crippen molar-refractivity contribution < 1.29 is 28.9 Å². The summed E-state index contributed by atoms with van der Waals surface area (Å²) in [6, 6.07) is 24.6. The molecule has 0 fully saturated rings. The fourth-order valence-corrected chi connectivity index (χ4v) is 2.90. The molecular weight excluding hydrogens is 410 g/mol. The molecule has 0 aliphatic heterocycles. The van der Waals surface area contributed by atoms with Gasteiger partial charge in [0.15, 0.2) is 0 Å². The van der Waals surface area contributed by atoms with Gasteiger partial charge in [-0.1, -0.05) is 60.7 Å². The minimum absolute atomic E-state index is 0.0148. The van der Waals surface area contributed by atoms with Gasteiger partial charge in [-0.05, 0) is 35.4 Å². The van der Waals surface area contributed by atoms with Crippen molar-refractivity contribution in [3.63, 3.8) is 0 Å². The maximum Gasteiger partial charge on any atom is 0.408 e. The van der Waals surface area contributed by atoms with Crippen molar-refractivity contribution in [2.45, 2.75) is 19.1 Å². The highest BCUT2D eigenvalue weighted by atomic mass is 16.5. The molecule has 0 saturated carbocycles. The molecule has 0 aliphatic rings. The lowest BCUT2D eigenvalue weighted by Gasteiger charge is -2.15. The van der Waals surface area contributed by atoms with Crippen LogP contribution in [-0.4, -0.2) is 36.4 Å². The molecule has 3 aromatic carbocycles. The molecule has 0 saturated heterocycles. The Bertz CT molecular complexity index is 976. The van der Waals surface area contributed by atoms with Gasteiger partial charge in [0.25, 0.3) is 0 Å². The highest BCUT2D eigenvalue weighted by molar-refractivity contribution is 5.80. The van der Waals surface area contributed by atoms with Crippen LogP contribution >= 0.6 is 0 Å². The fourth-order valence-electron chi connectivity index (χ4n) is 2.90. The van der Waals surface area contributed by atoms with Gasteiger partial charge in [-0.2, -0.15) is 0 Å². The quantitative estimate of drug-likeness (QED) is 0.441. The third-order valence-electron chi connectivity index (χ3n) is 4.53. The second kappa shape index (κ2) is 12.0. The summed E-state index contributed by atoms with van der Waals surface area (Å²) in [5.74, 6) is 0.336. The third kappa shape index (κ3) is 7.68. The molecule has 7 heteroatoms. The Morgan fingerprint density at radius 3 is 1.91 bits per heavy atom. The monoisotopic (exact) mass is 435 g/mol. The van der Waals surface area contributed by atoms with Gasteiger partial charge < -0.3 is 24.6 Å². The normalized spacial score (nSPS) is 11.2. The summed E-state index contributed by atoms with van der Waals surface area (Å²) in [4.78, 5) is 23.5. The zero-order valence-electron chi connectivity index (χ0n) is 17.5. The van der Waals surface area contributed by atoms with Crippen LogP contribution in [-0.2, 0) is 22.6 Å². The molecule has 0 aromatic heterocycles. The summed E-state index contributed by atoms with van der Waals surface area (Å²) in [5, 5.41) is 11.8. The number of amides is 1. The Morgan fingerprint density at radius 2 is 1.31 bits per heavy atom. The highest BCUT2D eigenvalue weighted by Gasteiger charge is 2.21. The van der Waals surface area contributed by atoms with Crippen LogP contribution in [0.1, 0.15) is 11.1 Å². The second-order valence-corrected chi connectivity index (χ2v) is 6.95. The van der Waals surface area contributed by atoms with Crippen LogP contribution in [0.15, 0.2) is 84.9 Å². The van der Waals surface area contributed by atoms with Crippen LogP contribution in [0.3, 0.4) is 0 Å². The van der Waals surface area contributed by atoms with Crippen LogP contribution in [0.5, 0.6) is 11.5 Å². The van der Waals surface area contributed by atoms with E-state index in [4.69, 9.17) is 14.2 Å². The van der Waals surface area contributed by atoms with Gasteiger partial charge in [0.05, 0.1) is 0 Å². The van der Waals surface area contributed by atoms with Crippen LogP contribution < -0.4 is 14.8 Å². The molecule has 1 amide bonds. The molecule has 0 radical (unpaired) electrons. The third-order valence-corrected chi connectivity index (χ3v) is 4.53. The maximum atomic E-state index is 12.0. The number of carboxylic acids is 1. The number of aliphatic carboxylic acids is 1. The van der Waals surface area contributed by atoms with E-state index < -0.39 is 18.1 Å². The largest absolute Gasteiger partial charge is 0.490 e. The van der Waals surface area contributed by atoms with E-state index in [-0.39, 0.29) is 13.0 Å². The topological polar surface area (TPSA) is 94.1 Å². The number of para-hydroxylation sites is 1. The number of nitrogens with one attached hydrogen (secondary N) is 1. The van der Waals surface area contributed by atoms with Gasteiger partial charge in [0.1, 0.15) is 37.4 Å². The summed E-state index contributed by atoms with van der Waals surface area (Å²) in [6.45, 7) is 0.828. The smallest absolute Gasteiger partial charge is 0.408 e. The van der Waals surface area contributed by atoms with Gasteiger partial charge in [0.2, 0.25) is 0 Å². The second-order valence-electron chi connectivity index (χ2n) is 6.95. The summed E-state index contributed by atoms with van der Waals surface area (Å²) in [7, 11) is 0. The fraction of sp³-hybridized carbons (Fsp3) is 0.200. The highest BCUT2D eigenvalue weighted by Crippen LogP contribution is 2.14. The van der Waals surface area contributed by atoms with Crippen molar-refractivity contribution in [3.8, 4) is 11.5 Å². The summed E-state index contributed by atoms with van der Waals surface area (Å²) >= 11 is 0. The number of alkyl carbamates (subject to hydrolysis) is 1. The van der Waals surface area contributed by atoms with Crippen molar-refractivity contribution in [1.82, 2.24) is 5.32 Å². The Labute approximate surface area is 186 Å². The number of rotatable bonds is 11. The van der Waals surface area contributed by atoms with E-state index in [9.17, 15) is 14.7 Å². The molecule has 0 bridgehead atoms. The number of ether oxygens (including phenoxy) is 3. The SMILES string of the molecule is O=C(NC(Cc1ccccc1)C(=O)O)OCc1ccc(OCCOc2ccccc2)cc1. The minimum atomic E-state index is -1.12. The summed E-state index contributed by atoms with van der Waals surface area (Å²) < 4.78 is 16.4. The molecule has 3 rings (SSSR count). The van der Waals surface area contributed by atoms with Crippen LogP contribution in [0.2, 0.25) is 0 Å². The lowest BCUT2D eigenvalue weighted by atomic mass is 10.1. The molecule has 0 spiro atoms. The van der Waals surface area contributed by atoms with Crippen molar-refractivity contribution in [2.24, 2.45) is 0 Å². The van der Waals surface area contributed by atoms with Crippen LogP contribution in [0.4, 0.5) is 4.79 Å². The van der Waals surface area contributed by atoms with Crippen molar-refractivity contribution in [2.75, 3.05) is 13.2 Å². The van der Waals surface area contributed by atoms with E-state index in [1.165, 1.54) is 0 Å². The molecule has 166 valence electrons. The van der Waals surface area contributed by atoms with E-state index >= 15 is 0 Å². The average Bonchev–Trinajstić information content (AvgIpc) is 2.82. The van der Waals surface area contributed by atoms with Crippen LogP contribution in [0.25, 0.3) is 0 Å². The van der Waals surface area contributed by atoms with Gasteiger partial charge >= 0.3 is 12.1 Å². The van der Waals surface area contributed by atoms with E-state index in [1.54, 1.807) is 36.4 Å².